The van der Waals surface area contributed by atoms with E-state index in [0.29, 0.717) is 17.9 Å². The molecule has 1 atom stereocenters. The molecule has 1 heterocycles. The average Bonchev–Trinajstić information content (AvgIpc) is 3.34. The van der Waals surface area contributed by atoms with E-state index in [-0.39, 0.29) is 23.2 Å². The fraction of sp³-hybridized carbons (Fsp3) is 0.176. The standard InChI is InChI=1S/C17H15FN2O3/c1-23-15-7-4-11(8-13(15)17(21)22)16(19)20-9-14(20)10-2-5-12(18)6-3-10/h2-8,14,19H,9H2,1H3,(H,21,22)/p+1. The van der Waals surface area contributed by atoms with E-state index in [2.05, 4.69) is 0 Å². The molecule has 3 N–H and O–H groups in total. The van der Waals surface area contributed by atoms with E-state index in [1.807, 2.05) is 4.58 Å². The summed E-state index contributed by atoms with van der Waals surface area (Å²) in [5, 5.41) is 9.23. The van der Waals surface area contributed by atoms with Crippen LogP contribution in [0.2, 0.25) is 0 Å². The maximum Gasteiger partial charge on any atom is 0.339 e. The van der Waals surface area contributed by atoms with Crippen LogP contribution >= 0.6 is 0 Å². The van der Waals surface area contributed by atoms with Gasteiger partial charge >= 0.3 is 5.97 Å². The molecule has 0 aliphatic carbocycles. The summed E-state index contributed by atoms with van der Waals surface area (Å²) in [5.41, 5.74) is 7.81. The van der Waals surface area contributed by atoms with Gasteiger partial charge in [-0.1, -0.05) is 12.1 Å². The van der Waals surface area contributed by atoms with Gasteiger partial charge in [0.15, 0.2) is 6.04 Å². The Bertz CT molecular complexity index is 800. The number of hydrogen-bond donors (Lipinski definition) is 2. The molecule has 118 valence electrons. The van der Waals surface area contributed by atoms with Gasteiger partial charge in [0.2, 0.25) is 0 Å². The summed E-state index contributed by atoms with van der Waals surface area (Å²) in [5.74, 6) is -0.573. The maximum atomic E-state index is 13.0. The van der Waals surface area contributed by atoms with Crippen molar-refractivity contribution in [2.24, 2.45) is 5.73 Å². The Kier molecular flexibility index (Phi) is 3.73. The van der Waals surface area contributed by atoms with Gasteiger partial charge in [-0.15, -0.1) is 0 Å². The molecule has 0 radical (unpaired) electrons. The van der Waals surface area contributed by atoms with Gasteiger partial charge in [0.25, 0.3) is 5.84 Å². The van der Waals surface area contributed by atoms with E-state index in [9.17, 15) is 14.3 Å². The Morgan fingerprint density at radius 1 is 1.30 bits per heavy atom. The predicted octanol–water partition coefficient (Wildman–Crippen LogP) is 2.01. The summed E-state index contributed by atoms with van der Waals surface area (Å²) in [6.07, 6.45) is 0. The minimum absolute atomic E-state index is 0.0631. The molecule has 2 aromatic rings. The Balaban J connectivity index is 1.92. The lowest BCUT2D eigenvalue weighted by Gasteiger charge is -2.05. The summed E-state index contributed by atoms with van der Waals surface area (Å²) in [6.45, 7) is 0.714. The smallest absolute Gasteiger partial charge is 0.339 e. The summed E-state index contributed by atoms with van der Waals surface area (Å²) in [6, 6.07) is 11.2. The molecule has 1 fully saturated rings. The number of benzene rings is 2. The molecule has 0 spiro atoms. The molecule has 1 saturated heterocycles. The van der Waals surface area contributed by atoms with Crippen LogP contribution in [0.5, 0.6) is 5.75 Å². The summed E-state index contributed by atoms with van der Waals surface area (Å²) in [7, 11) is 1.42. The van der Waals surface area contributed by atoms with Crippen LogP contribution in [0.25, 0.3) is 0 Å². The summed E-state index contributed by atoms with van der Waals surface area (Å²) >= 11 is 0. The molecule has 1 aliphatic heterocycles. The lowest BCUT2D eigenvalue weighted by atomic mass is 10.1. The van der Waals surface area contributed by atoms with Gasteiger partial charge in [-0.05, 0) is 30.3 Å². The highest BCUT2D eigenvalue weighted by atomic mass is 19.1. The second-order valence-corrected chi connectivity index (χ2v) is 5.33. The third-order valence-electron chi connectivity index (χ3n) is 3.90. The second-order valence-electron chi connectivity index (χ2n) is 5.33. The van der Waals surface area contributed by atoms with E-state index >= 15 is 0 Å². The zero-order valence-electron chi connectivity index (χ0n) is 12.5. The SMILES string of the molecule is COc1ccc(C(N)=[N+]2CC2c2ccc(F)cc2)cc1C(=O)O. The van der Waals surface area contributed by atoms with E-state index < -0.39 is 5.97 Å². The number of halogens is 1. The van der Waals surface area contributed by atoms with E-state index in [1.54, 1.807) is 24.3 Å². The normalized spacial score (nSPS) is 18.4. The van der Waals surface area contributed by atoms with Gasteiger partial charge in [0.05, 0.1) is 12.7 Å². The Morgan fingerprint density at radius 3 is 2.61 bits per heavy atom. The van der Waals surface area contributed by atoms with E-state index in [1.165, 1.54) is 25.3 Å². The quantitative estimate of drug-likeness (QED) is 0.514. The van der Waals surface area contributed by atoms with Crippen molar-refractivity contribution >= 4 is 11.8 Å². The van der Waals surface area contributed by atoms with Crippen LogP contribution < -0.4 is 10.5 Å². The third kappa shape index (κ3) is 2.88. The fourth-order valence-corrected chi connectivity index (χ4v) is 2.58. The number of nitrogens with zero attached hydrogens (tertiary/aromatic N) is 1. The monoisotopic (exact) mass is 315 g/mol. The molecular weight excluding hydrogens is 299 g/mol. The molecule has 1 aliphatic rings. The third-order valence-corrected chi connectivity index (χ3v) is 3.90. The highest BCUT2D eigenvalue weighted by Gasteiger charge is 2.39. The molecule has 0 amide bonds. The van der Waals surface area contributed by atoms with Crippen molar-refractivity contribution in [3.63, 3.8) is 0 Å². The predicted molar refractivity (Wildman–Crippen MR) is 82.5 cm³/mol. The first-order chi connectivity index (χ1) is 11.0. The van der Waals surface area contributed by atoms with Gasteiger partial charge in [-0.25, -0.2) is 13.8 Å². The first-order valence-corrected chi connectivity index (χ1v) is 7.07. The van der Waals surface area contributed by atoms with Gasteiger partial charge in [0.1, 0.15) is 23.7 Å². The van der Waals surface area contributed by atoms with Gasteiger partial charge in [-0.3, -0.25) is 5.73 Å². The van der Waals surface area contributed by atoms with Crippen molar-refractivity contribution < 1.29 is 23.6 Å². The zero-order valence-corrected chi connectivity index (χ0v) is 12.5. The minimum atomic E-state index is -1.07. The number of hydrogen-bond acceptors (Lipinski definition) is 2. The van der Waals surface area contributed by atoms with Crippen molar-refractivity contribution in [2.45, 2.75) is 6.04 Å². The number of ether oxygens (including phenoxy) is 1. The summed E-state index contributed by atoms with van der Waals surface area (Å²) in [4.78, 5) is 11.3. The molecule has 3 rings (SSSR count). The maximum absolute atomic E-state index is 13.0. The number of nitrogens with two attached hydrogens (primary N) is 1. The molecular formula is C17H16FN2O3+. The first-order valence-electron chi connectivity index (χ1n) is 7.07. The van der Waals surface area contributed by atoms with E-state index in [4.69, 9.17) is 10.5 Å². The van der Waals surface area contributed by atoms with Crippen molar-refractivity contribution in [3.8, 4) is 5.75 Å². The topological polar surface area (TPSA) is 75.6 Å². The molecule has 23 heavy (non-hydrogen) atoms. The van der Waals surface area contributed by atoms with Crippen LogP contribution in [-0.4, -0.2) is 35.1 Å². The van der Waals surface area contributed by atoms with Crippen LogP contribution in [0, 0.1) is 5.82 Å². The lowest BCUT2D eigenvalue weighted by molar-refractivity contribution is -0.364. The summed E-state index contributed by atoms with van der Waals surface area (Å²) < 4.78 is 19.9. The van der Waals surface area contributed by atoms with Crippen molar-refractivity contribution in [1.82, 2.24) is 0 Å². The fourth-order valence-electron chi connectivity index (χ4n) is 2.58. The van der Waals surface area contributed by atoms with Gasteiger partial charge in [0, 0.05) is 5.56 Å². The largest absolute Gasteiger partial charge is 0.496 e. The Labute approximate surface area is 132 Å². The molecule has 0 bridgehead atoms. The highest BCUT2D eigenvalue weighted by Crippen LogP contribution is 2.31. The van der Waals surface area contributed by atoms with Crippen LogP contribution in [0.3, 0.4) is 0 Å². The highest BCUT2D eigenvalue weighted by molar-refractivity contribution is 5.98. The number of methoxy groups -OCH3 is 1. The second kappa shape index (κ2) is 5.72. The molecule has 2 aromatic carbocycles. The number of carbonyl (C=O) groups is 1. The van der Waals surface area contributed by atoms with Crippen molar-refractivity contribution in [1.29, 1.82) is 0 Å². The van der Waals surface area contributed by atoms with Crippen LogP contribution in [0.4, 0.5) is 4.39 Å². The molecule has 1 unspecified atom stereocenters. The zero-order chi connectivity index (χ0) is 16.6. The van der Waals surface area contributed by atoms with Gasteiger partial charge in [-0.2, -0.15) is 0 Å². The number of rotatable bonds is 4. The Hall–Kier alpha value is -2.89. The number of carboxylic acid groups (broad SMARTS) is 1. The van der Waals surface area contributed by atoms with Crippen LogP contribution in [-0.2, 0) is 0 Å². The van der Waals surface area contributed by atoms with Crippen molar-refractivity contribution in [2.75, 3.05) is 13.7 Å². The van der Waals surface area contributed by atoms with Crippen LogP contribution in [0.15, 0.2) is 42.5 Å². The molecule has 0 aromatic heterocycles. The molecule has 5 nitrogen and oxygen atoms in total. The molecule has 0 saturated carbocycles. The first kappa shape index (κ1) is 15.0. The van der Waals surface area contributed by atoms with Crippen molar-refractivity contribution in [3.05, 3.63) is 65.0 Å². The number of amidine groups is 1. The lowest BCUT2D eigenvalue weighted by Crippen LogP contribution is -2.20. The van der Waals surface area contributed by atoms with E-state index in [0.717, 1.165) is 5.56 Å². The minimum Gasteiger partial charge on any atom is -0.496 e. The van der Waals surface area contributed by atoms with Gasteiger partial charge < -0.3 is 9.84 Å². The number of aromatic carboxylic acids is 1. The Morgan fingerprint density at radius 2 is 2.00 bits per heavy atom. The average molecular weight is 315 g/mol. The number of carboxylic acids is 1. The molecule has 6 heteroatoms. The van der Waals surface area contributed by atoms with Crippen LogP contribution in [0.1, 0.15) is 27.5 Å².